The molecule has 0 bridgehead atoms. The minimum Gasteiger partial charge on any atom is -0.423 e. The first-order valence-corrected chi connectivity index (χ1v) is 8.71. The molecule has 0 aliphatic rings. The van der Waals surface area contributed by atoms with Gasteiger partial charge in [-0.25, -0.2) is 8.42 Å². The van der Waals surface area contributed by atoms with E-state index in [2.05, 4.69) is 14.9 Å². The SMILES string of the molecule is Cc1cc(-c2nnco2)ccc1NS(=O)(=O)/C=C/c1ccccc1. The lowest BCUT2D eigenvalue weighted by Gasteiger charge is -2.08. The number of anilines is 1. The molecule has 0 radical (unpaired) electrons. The Balaban J connectivity index is 1.79. The molecule has 0 unspecified atom stereocenters. The number of aromatic nitrogens is 2. The van der Waals surface area contributed by atoms with Gasteiger partial charge in [-0.1, -0.05) is 30.3 Å². The normalized spacial score (nSPS) is 11.7. The van der Waals surface area contributed by atoms with Gasteiger partial charge < -0.3 is 4.42 Å². The molecule has 1 aromatic heterocycles. The van der Waals surface area contributed by atoms with E-state index in [0.29, 0.717) is 11.6 Å². The molecule has 6 nitrogen and oxygen atoms in total. The average molecular weight is 341 g/mol. The lowest BCUT2D eigenvalue weighted by atomic mass is 10.1. The monoisotopic (exact) mass is 341 g/mol. The van der Waals surface area contributed by atoms with Crippen LogP contribution in [0.5, 0.6) is 0 Å². The molecule has 0 aliphatic heterocycles. The van der Waals surface area contributed by atoms with Crippen LogP contribution in [-0.2, 0) is 10.0 Å². The van der Waals surface area contributed by atoms with Gasteiger partial charge in [0.25, 0.3) is 10.0 Å². The molecule has 0 atom stereocenters. The largest absolute Gasteiger partial charge is 0.423 e. The van der Waals surface area contributed by atoms with Gasteiger partial charge in [0, 0.05) is 5.56 Å². The molecule has 0 aliphatic carbocycles. The Kier molecular flexibility index (Phi) is 4.43. The number of hydrogen-bond donors (Lipinski definition) is 1. The maximum atomic E-state index is 12.2. The Morgan fingerprint density at radius 2 is 1.92 bits per heavy atom. The van der Waals surface area contributed by atoms with Crippen molar-refractivity contribution in [2.45, 2.75) is 6.92 Å². The number of nitrogens with zero attached hydrogens (tertiary/aromatic N) is 2. The van der Waals surface area contributed by atoms with E-state index in [9.17, 15) is 8.42 Å². The molecular weight excluding hydrogens is 326 g/mol. The topological polar surface area (TPSA) is 85.1 Å². The van der Waals surface area contributed by atoms with Crippen LogP contribution >= 0.6 is 0 Å². The zero-order valence-electron chi connectivity index (χ0n) is 12.9. The van der Waals surface area contributed by atoms with Crippen LogP contribution in [-0.4, -0.2) is 18.6 Å². The van der Waals surface area contributed by atoms with E-state index in [1.165, 1.54) is 6.39 Å². The van der Waals surface area contributed by atoms with E-state index in [0.717, 1.165) is 22.1 Å². The fourth-order valence-electron chi connectivity index (χ4n) is 2.13. The van der Waals surface area contributed by atoms with E-state index >= 15 is 0 Å². The Labute approximate surface area is 139 Å². The molecule has 0 spiro atoms. The first kappa shape index (κ1) is 15.9. The van der Waals surface area contributed by atoms with E-state index in [1.807, 2.05) is 30.3 Å². The van der Waals surface area contributed by atoms with Crippen LogP contribution in [0, 0.1) is 6.92 Å². The molecule has 1 N–H and O–H groups in total. The zero-order chi connectivity index (χ0) is 17.0. The number of aryl methyl sites for hydroxylation is 1. The van der Waals surface area contributed by atoms with E-state index < -0.39 is 10.0 Å². The first-order valence-electron chi connectivity index (χ1n) is 7.17. The molecule has 2 aromatic carbocycles. The highest BCUT2D eigenvalue weighted by Gasteiger charge is 2.10. The van der Waals surface area contributed by atoms with Crippen LogP contribution in [0.1, 0.15) is 11.1 Å². The summed E-state index contributed by atoms with van der Waals surface area (Å²) in [6.07, 6.45) is 2.79. The highest BCUT2D eigenvalue weighted by atomic mass is 32.2. The summed E-state index contributed by atoms with van der Waals surface area (Å²) in [6, 6.07) is 14.4. The minimum absolute atomic E-state index is 0.386. The summed E-state index contributed by atoms with van der Waals surface area (Å²) >= 11 is 0. The number of nitrogens with one attached hydrogen (secondary N) is 1. The summed E-state index contributed by atoms with van der Waals surface area (Å²) in [7, 11) is -3.60. The van der Waals surface area contributed by atoms with Crippen molar-refractivity contribution in [1.82, 2.24) is 10.2 Å². The van der Waals surface area contributed by atoms with Crippen molar-refractivity contribution in [1.29, 1.82) is 0 Å². The second-order valence-corrected chi connectivity index (χ2v) is 6.70. The average Bonchev–Trinajstić information content (AvgIpc) is 3.10. The fraction of sp³-hybridized carbons (Fsp3) is 0.0588. The van der Waals surface area contributed by atoms with E-state index in [1.54, 1.807) is 31.2 Å². The third-order valence-corrected chi connectivity index (χ3v) is 4.32. The molecule has 24 heavy (non-hydrogen) atoms. The van der Waals surface area contributed by atoms with E-state index in [4.69, 9.17) is 4.42 Å². The van der Waals surface area contributed by atoms with Gasteiger partial charge in [0.15, 0.2) is 0 Å². The number of sulfonamides is 1. The lowest BCUT2D eigenvalue weighted by Crippen LogP contribution is -2.09. The Bertz CT molecular complexity index is 950. The van der Waals surface area contributed by atoms with Crippen molar-refractivity contribution in [2.24, 2.45) is 0 Å². The summed E-state index contributed by atoms with van der Waals surface area (Å²) in [4.78, 5) is 0. The predicted molar refractivity (Wildman–Crippen MR) is 92.5 cm³/mol. The van der Waals surface area contributed by atoms with E-state index in [-0.39, 0.29) is 0 Å². The van der Waals surface area contributed by atoms with Gasteiger partial charge >= 0.3 is 0 Å². The maximum absolute atomic E-state index is 12.2. The second-order valence-electron chi connectivity index (χ2n) is 5.13. The van der Waals surface area contributed by atoms with Crippen LogP contribution < -0.4 is 4.72 Å². The third-order valence-electron chi connectivity index (χ3n) is 3.32. The van der Waals surface area contributed by atoms with Crippen molar-refractivity contribution in [3.63, 3.8) is 0 Å². The maximum Gasteiger partial charge on any atom is 0.255 e. The van der Waals surface area contributed by atoms with Gasteiger partial charge in [-0.05, 0) is 42.3 Å². The van der Waals surface area contributed by atoms with Gasteiger partial charge in [-0.3, -0.25) is 4.72 Å². The predicted octanol–water partition coefficient (Wildman–Crippen LogP) is 3.46. The van der Waals surface area contributed by atoms with Crippen molar-refractivity contribution >= 4 is 21.8 Å². The molecule has 0 saturated carbocycles. The smallest absolute Gasteiger partial charge is 0.255 e. The molecule has 0 saturated heterocycles. The Morgan fingerprint density at radius 1 is 1.12 bits per heavy atom. The molecular formula is C17H15N3O3S. The molecule has 0 amide bonds. The standard InChI is InChI=1S/C17H15N3O3S/c1-13-11-15(17-19-18-12-23-17)7-8-16(13)20-24(21,22)10-9-14-5-3-2-4-6-14/h2-12,20H,1H3/b10-9+. The van der Waals surface area contributed by atoms with Crippen LogP contribution in [0.2, 0.25) is 0 Å². The Morgan fingerprint density at radius 3 is 2.58 bits per heavy atom. The first-order chi connectivity index (χ1) is 11.5. The quantitative estimate of drug-likeness (QED) is 0.768. The molecule has 3 rings (SSSR count). The molecule has 7 heteroatoms. The van der Waals surface area contributed by atoms with Crippen LogP contribution in [0.4, 0.5) is 5.69 Å². The van der Waals surface area contributed by atoms with Crippen LogP contribution in [0.15, 0.2) is 64.7 Å². The summed E-state index contributed by atoms with van der Waals surface area (Å²) in [5.74, 6) is 0.386. The number of hydrogen-bond acceptors (Lipinski definition) is 5. The second kappa shape index (κ2) is 6.67. The summed E-state index contributed by atoms with van der Waals surface area (Å²) in [5.41, 5.74) is 2.79. The van der Waals surface area contributed by atoms with Crippen LogP contribution in [0.3, 0.4) is 0 Å². The van der Waals surface area contributed by atoms with Gasteiger partial charge in [-0.15, -0.1) is 10.2 Å². The molecule has 1 heterocycles. The van der Waals surface area contributed by atoms with Crippen molar-refractivity contribution in [3.8, 4) is 11.5 Å². The fourth-order valence-corrected chi connectivity index (χ4v) is 3.07. The summed E-state index contributed by atoms with van der Waals surface area (Å²) in [5, 5.41) is 8.60. The van der Waals surface area contributed by atoms with Crippen molar-refractivity contribution in [3.05, 3.63) is 71.5 Å². The highest BCUT2D eigenvalue weighted by Crippen LogP contribution is 2.24. The Hall–Kier alpha value is -2.93. The van der Waals surface area contributed by atoms with Gasteiger partial charge in [0.2, 0.25) is 12.3 Å². The number of benzene rings is 2. The molecule has 122 valence electrons. The summed E-state index contributed by atoms with van der Waals surface area (Å²) < 4.78 is 32.1. The summed E-state index contributed by atoms with van der Waals surface area (Å²) in [6.45, 7) is 1.80. The van der Waals surface area contributed by atoms with Crippen molar-refractivity contribution in [2.75, 3.05) is 4.72 Å². The van der Waals surface area contributed by atoms with Crippen molar-refractivity contribution < 1.29 is 12.8 Å². The zero-order valence-corrected chi connectivity index (χ0v) is 13.7. The minimum atomic E-state index is -3.60. The van der Waals surface area contributed by atoms with Gasteiger partial charge in [0.1, 0.15) is 0 Å². The van der Waals surface area contributed by atoms with Crippen LogP contribution in [0.25, 0.3) is 17.5 Å². The number of rotatable bonds is 5. The highest BCUT2D eigenvalue weighted by molar-refractivity contribution is 7.95. The lowest BCUT2D eigenvalue weighted by molar-refractivity contribution is 0.568. The van der Waals surface area contributed by atoms with Gasteiger partial charge in [-0.2, -0.15) is 0 Å². The molecule has 3 aromatic rings. The third kappa shape index (κ3) is 3.88. The van der Waals surface area contributed by atoms with Gasteiger partial charge in [0.05, 0.1) is 11.1 Å². The molecule has 0 fully saturated rings.